The molecule has 0 atom stereocenters. The van der Waals surface area contributed by atoms with Crippen molar-refractivity contribution in [3.63, 3.8) is 0 Å². The normalized spacial score (nSPS) is 12.6. The van der Waals surface area contributed by atoms with Crippen LogP contribution in [-0.4, -0.2) is 15.5 Å². The average Bonchev–Trinajstić information content (AvgIpc) is 2.72. The summed E-state index contributed by atoms with van der Waals surface area (Å²) in [7, 11) is 0. The number of nitrogens with zero attached hydrogens (tertiary/aromatic N) is 2. The molecule has 0 spiro atoms. The summed E-state index contributed by atoms with van der Waals surface area (Å²) in [5.41, 5.74) is 2.62. The number of carbonyl (C=O) groups excluding carboxylic acids is 1. The maximum absolute atomic E-state index is 12.5. The Kier molecular flexibility index (Phi) is 2.02. The van der Waals surface area contributed by atoms with Crippen LogP contribution in [0.25, 0.3) is 22.3 Å². The maximum atomic E-state index is 12.5. The Morgan fingerprint density at radius 3 is 2.65 bits per heavy atom. The lowest BCUT2D eigenvalue weighted by molar-refractivity contribution is 0.0965. The Hall–Kier alpha value is -2.75. The smallest absolute Gasteiger partial charge is 0.268 e. The number of hydrogen-bond donors (Lipinski definition) is 0. The number of hydrogen-bond acceptors (Lipinski definition) is 3. The van der Waals surface area contributed by atoms with Gasteiger partial charge in [0.15, 0.2) is 5.82 Å². The van der Waals surface area contributed by atoms with Gasteiger partial charge >= 0.3 is 0 Å². The second kappa shape index (κ2) is 3.63. The van der Waals surface area contributed by atoms with E-state index in [2.05, 4.69) is 4.98 Å². The van der Waals surface area contributed by atoms with E-state index in [1.807, 2.05) is 25.1 Å². The molecular formula is C16H10N2O2. The number of fused-ring (bicyclic) bond motifs is 4. The summed E-state index contributed by atoms with van der Waals surface area (Å²) in [5, 5.41) is 0.467. The SMILES string of the molecule is Cc1ccc2c(c1)-c1nc3ccccc3c(=O)n1C2=O. The van der Waals surface area contributed by atoms with Gasteiger partial charge in [-0.3, -0.25) is 9.59 Å². The van der Waals surface area contributed by atoms with Crippen LogP contribution in [0.3, 0.4) is 0 Å². The molecular weight excluding hydrogens is 252 g/mol. The van der Waals surface area contributed by atoms with E-state index < -0.39 is 0 Å². The number of carbonyl (C=O) groups is 1. The van der Waals surface area contributed by atoms with Crippen LogP contribution in [-0.2, 0) is 0 Å². The minimum atomic E-state index is -0.301. The first-order valence-corrected chi connectivity index (χ1v) is 6.34. The number of rotatable bonds is 0. The van der Waals surface area contributed by atoms with Gasteiger partial charge in [-0.15, -0.1) is 0 Å². The largest absolute Gasteiger partial charge is 0.268 e. The van der Waals surface area contributed by atoms with Crippen molar-refractivity contribution in [3.05, 3.63) is 63.9 Å². The van der Waals surface area contributed by atoms with Crippen LogP contribution in [0.2, 0.25) is 0 Å². The van der Waals surface area contributed by atoms with E-state index in [1.54, 1.807) is 24.3 Å². The molecule has 1 aliphatic heterocycles. The van der Waals surface area contributed by atoms with E-state index in [0.29, 0.717) is 22.3 Å². The second-order valence-electron chi connectivity index (χ2n) is 4.95. The first kappa shape index (κ1) is 11.1. The average molecular weight is 262 g/mol. The number of para-hydroxylation sites is 1. The zero-order chi connectivity index (χ0) is 13.9. The summed E-state index contributed by atoms with van der Waals surface area (Å²) >= 11 is 0. The van der Waals surface area contributed by atoms with E-state index in [9.17, 15) is 9.59 Å². The Labute approximate surface area is 114 Å². The molecule has 0 amide bonds. The Morgan fingerprint density at radius 1 is 1.00 bits per heavy atom. The molecule has 0 bridgehead atoms. The molecule has 0 fully saturated rings. The van der Waals surface area contributed by atoms with Crippen molar-refractivity contribution < 1.29 is 4.79 Å². The molecule has 4 heteroatoms. The van der Waals surface area contributed by atoms with Crippen LogP contribution < -0.4 is 5.56 Å². The molecule has 2 aromatic carbocycles. The Bertz CT molecular complexity index is 954. The molecule has 2 heterocycles. The number of aromatic nitrogens is 2. The minimum Gasteiger partial charge on any atom is -0.268 e. The third-order valence-corrected chi connectivity index (χ3v) is 3.63. The third kappa shape index (κ3) is 1.28. The summed E-state index contributed by atoms with van der Waals surface area (Å²) in [4.78, 5) is 29.4. The first-order chi connectivity index (χ1) is 9.66. The molecule has 4 nitrogen and oxygen atoms in total. The van der Waals surface area contributed by atoms with Crippen LogP contribution in [0.15, 0.2) is 47.3 Å². The monoisotopic (exact) mass is 262 g/mol. The second-order valence-corrected chi connectivity index (χ2v) is 4.95. The van der Waals surface area contributed by atoms with Crippen LogP contribution in [0.1, 0.15) is 15.9 Å². The molecule has 1 aromatic heterocycles. The molecule has 96 valence electrons. The fourth-order valence-corrected chi connectivity index (χ4v) is 2.65. The zero-order valence-electron chi connectivity index (χ0n) is 10.8. The molecule has 0 radical (unpaired) electrons. The van der Waals surface area contributed by atoms with E-state index in [1.165, 1.54) is 4.57 Å². The van der Waals surface area contributed by atoms with Crippen LogP contribution >= 0.6 is 0 Å². The summed E-state index contributed by atoms with van der Waals surface area (Å²) in [6.45, 7) is 1.95. The van der Waals surface area contributed by atoms with Crippen molar-refractivity contribution in [1.29, 1.82) is 0 Å². The molecule has 20 heavy (non-hydrogen) atoms. The van der Waals surface area contributed by atoms with Crippen molar-refractivity contribution in [2.24, 2.45) is 0 Å². The molecule has 3 aromatic rings. The van der Waals surface area contributed by atoms with Gasteiger partial charge in [0.25, 0.3) is 11.5 Å². The lowest BCUT2D eigenvalue weighted by atomic mass is 10.1. The zero-order valence-corrected chi connectivity index (χ0v) is 10.8. The Morgan fingerprint density at radius 2 is 1.80 bits per heavy atom. The van der Waals surface area contributed by atoms with Gasteiger partial charge in [-0.1, -0.05) is 23.8 Å². The van der Waals surface area contributed by atoms with E-state index in [4.69, 9.17) is 0 Å². The first-order valence-electron chi connectivity index (χ1n) is 6.34. The van der Waals surface area contributed by atoms with Crippen molar-refractivity contribution in [3.8, 4) is 11.4 Å². The van der Waals surface area contributed by atoms with Gasteiger partial charge in [-0.05, 0) is 31.2 Å². The molecule has 0 N–H and O–H groups in total. The van der Waals surface area contributed by atoms with Gasteiger partial charge in [-0.2, -0.15) is 0 Å². The van der Waals surface area contributed by atoms with Gasteiger partial charge in [-0.25, -0.2) is 9.55 Å². The van der Waals surface area contributed by atoms with Gasteiger partial charge in [0, 0.05) is 5.56 Å². The summed E-state index contributed by atoms with van der Waals surface area (Å²) in [6.07, 6.45) is 0. The predicted molar refractivity (Wildman–Crippen MR) is 75.9 cm³/mol. The molecule has 0 saturated carbocycles. The third-order valence-electron chi connectivity index (χ3n) is 3.63. The summed E-state index contributed by atoms with van der Waals surface area (Å²) in [6, 6.07) is 12.6. The number of aryl methyl sites for hydroxylation is 1. The van der Waals surface area contributed by atoms with E-state index >= 15 is 0 Å². The van der Waals surface area contributed by atoms with E-state index in [-0.39, 0.29) is 11.5 Å². The lowest BCUT2D eigenvalue weighted by Gasteiger charge is -2.03. The Balaban J connectivity index is 2.20. The van der Waals surface area contributed by atoms with Crippen LogP contribution in [0, 0.1) is 6.92 Å². The highest BCUT2D eigenvalue weighted by Crippen LogP contribution is 2.30. The molecule has 4 rings (SSSR count). The minimum absolute atomic E-state index is 0.293. The highest BCUT2D eigenvalue weighted by Gasteiger charge is 2.29. The fraction of sp³-hybridized carbons (Fsp3) is 0.0625. The van der Waals surface area contributed by atoms with Gasteiger partial charge in [0.1, 0.15) is 0 Å². The molecule has 0 aliphatic carbocycles. The highest BCUT2D eigenvalue weighted by atomic mass is 16.2. The highest BCUT2D eigenvalue weighted by molar-refractivity contribution is 6.09. The van der Waals surface area contributed by atoms with Crippen molar-refractivity contribution in [2.75, 3.05) is 0 Å². The predicted octanol–water partition coefficient (Wildman–Crippen LogP) is 2.37. The van der Waals surface area contributed by atoms with Crippen LogP contribution in [0.5, 0.6) is 0 Å². The van der Waals surface area contributed by atoms with Crippen molar-refractivity contribution >= 4 is 16.8 Å². The van der Waals surface area contributed by atoms with E-state index in [0.717, 1.165) is 11.1 Å². The fourth-order valence-electron chi connectivity index (χ4n) is 2.65. The molecule has 0 unspecified atom stereocenters. The topological polar surface area (TPSA) is 52.0 Å². The van der Waals surface area contributed by atoms with Gasteiger partial charge in [0.05, 0.1) is 16.5 Å². The van der Waals surface area contributed by atoms with Gasteiger partial charge < -0.3 is 0 Å². The maximum Gasteiger partial charge on any atom is 0.268 e. The standard InChI is InChI=1S/C16H10N2O2/c1-9-6-7-10-12(8-9)14-17-13-5-3-2-4-11(13)16(20)18(14)15(10)19/h2-8H,1H3. The number of benzene rings is 2. The van der Waals surface area contributed by atoms with Crippen molar-refractivity contribution in [1.82, 2.24) is 9.55 Å². The van der Waals surface area contributed by atoms with Gasteiger partial charge in [0.2, 0.25) is 0 Å². The summed E-state index contributed by atoms with van der Waals surface area (Å²) in [5.74, 6) is 0.149. The lowest BCUT2D eigenvalue weighted by Crippen LogP contribution is -2.25. The quantitative estimate of drug-likeness (QED) is 0.489. The van der Waals surface area contributed by atoms with Crippen molar-refractivity contribution in [2.45, 2.75) is 6.92 Å². The van der Waals surface area contributed by atoms with Crippen LogP contribution in [0.4, 0.5) is 0 Å². The summed E-state index contributed by atoms with van der Waals surface area (Å²) < 4.78 is 1.17. The molecule has 1 aliphatic rings. The molecule has 0 saturated heterocycles.